The molecule has 1 rings (SSSR count). The third-order valence-corrected chi connectivity index (χ3v) is 1.46. The second-order valence-electron chi connectivity index (χ2n) is 2.67. The molecule has 0 aromatic heterocycles. The van der Waals surface area contributed by atoms with Gasteiger partial charge in [0.1, 0.15) is 5.82 Å². The van der Waals surface area contributed by atoms with Crippen LogP contribution in [0.2, 0.25) is 0 Å². The third kappa shape index (κ3) is 3.57. The Hall–Kier alpha value is -1.59. The lowest BCUT2D eigenvalue weighted by molar-refractivity contribution is -0.161. The Morgan fingerprint density at radius 1 is 1.27 bits per heavy atom. The van der Waals surface area contributed by atoms with Crippen molar-refractivity contribution >= 4 is 5.97 Å². The number of alkyl halides is 3. The number of halogens is 4. The highest BCUT2D eigenvalue weighted by molar-refractivity contribution is 5.89. The molecule has 0 fully saturated rings. The topological polar surface area (TPSA) is 26.3 Å². The molecule has 0 N–H and O–H groups in total. The van der Waals surface area contributed by atoms with Gasteiger partial charge in [-0.15, -0.1) is 0 Å². The average molecular weight is 222 g/mol. The smallest absolute Gasteiger partial charge is 0.422 e. The molecule has 0 aliphatic heterocycles. The molecular formula is C9H6F4O2. The van der Waals surface area contributed by atoms with Crippen molar-refractivity contribution in [2.24, 2.45) is 0 Å². The van der Waals surface area contributed by atoms with Gasteiger partial charge in [-0.2, -0.15) is 13.2 Å². The molecular weight excluding hydrogens is 216 g/mol. The van der Waals surface area contributed by atoms with Crippen LogP contribution in [-0.2, 0) is 4.74 Å². The summed E-state index contributed by atoms with van der Waals surface area (Å²) in [4.78, 5) is 10.9. The Kier molecular flexibility index (Phi) is 3.28. The Labute approximate surface area is 82.5 Å². The van der Waals surface area contributed by atoms with Crippen molar-refractivity contribution in [3.63, 3.8) is 0 Å². The predicted octanol–water partition coefficient (Wildman–Crippen LogP) is 2.54. The SMILES string of the molecule is O=C(OCC(F)(F)F)c1ccccc1F. The van der Waals surface area contributed by atoms with E-state index < -0.39 is 30.1 Å². The Bertz CT molecular complexity index is 359. The first-order valence-corrected chi connectivity index (χ1v) is 3.88. The largest absolute Gasteiger partial charge is 0.452 e. The fourth-order valence-electron chi connectivity index (χ4n) is 0.852. The summed E-state index contributed by atoms with van der Waals surface area (Å²) < 4.78 is 51.7. The van der Waals surface area contributed by atoms with Crippen LogP contribution in [-0.4, -0.2) is 18.8 Å². The molecule has 0 atom stereocenters. The highest BCUT2D eigenvalue weighted by Crippen LogP contribution is 2.16. The molecule has 0 aliphatic carbocycles. The van der Waals surface area contributed by atoms with Crippen molar-refractivity contribution in [2.75, 3.05) is 6.61 Å². The summed E-state index contributed by atoms with van der Waals surface area (Å²) in [5.74, 6) is -2.24. The lowest BCUT2D eigenvalue weighted by Gasteiger charge is -2.07. The van der Waals surface area contributed by atoms with Crippen molar-refractivity contribution in [1.82, 2.24) is 0 Å². The van der Waals surface area contributed by atoms with E-state index >= 15 is 0 Å². The zero-order valence-corrected chi connectivity index (χ0v) is 7.34. The Morgan fingerprint density at radius 2 is 1.87 bits per heavy atom. The maximum absolute atomic E-state index is 12.9. The second-order valence-corrected chi connectivity index (χ2v) is 2.67. The summed E-state index contributed by atoms with van der Waals surface area (Å²) in [6, 6.07) is 4.65. The summed E-state index contributed by atoms with van der Waals surface area (Å²) in [5.41, 5.74) is -0.512. The number of benzene rings is 1. The predicted molar refractivity (Wildman–Crippen MR) is 42.7 cm³/mol. The van der Waals surface area contributed by atoms with E-state index in [4.69, 9.17) is 0 Å². The van der Waals surface area contributed by atoms with Crippen LogP contribution in [0.4, 0.5) is 17.6 Å². The number of esters is 1. The van der Waals surface area contributed by atoms with Gasteiger partial charge in [-0.1, -0.05) is 12.1 Å². The number of hydrogen-bond acceptors (Lipinski definition) is 2. The van der Waals surface area contributed by atoms with Crippen molar-refractivity contribution < 1.29 is 27.1 Å². The fraction of sp³-hybridized carbons (Fsp3) is 0.222. The highest BCUT2D eigenvalue weighted by Gasteiger charge is 2.30. The van der Waals surface area contributed by atoms with Gasteiger partial charge in [0, 0.05) is 0 Å². The standard InChI is InChI=1S/C9H6F4O2/c10-7-4-2-1-3-6(7)8(14)15-5-9(11,12)13/h1-4H,5H2. The second kappa shape index (κ2) is 4.29. The summed E-state index contributed by atoms with van der Waals surface area (Å²) in [6.45, 7) is -1.72. The van der Waals surface area contributed by atoms with Gasteiger partial charge in [-0.05, 0) is 12.1 Å². The lowest BCUT2D eigenvalue weighted by atomic mass is 10.2. The summed E-state index contributed by atoms with van der Waals surface area (Å²) >= 11 is 0. The van der Waals surface area contributed by atoms with Gasteiger partial charge in [0.05, 0.1) is 5.56 Å². The van der Waals surface area contributed by atoms with Gasteiger partial charge in [-0.3, -0.25) is 0 Å². The first-order valence-electron chi connectivity index (χ1n) is 3.88. The number of ether oxygens (including phenoxy) is 1. The van der Waals surface area contributed by atoms with Crippen molar-refractivity contribution in [3.05, 3.63) is 35.6 Å². The molecule has 0 radical (unpaired) electrons. The third-order valence-electron chi connectivity index (χ3n) is 1.46. The molecule has 0 unspecified atom stereocenters. The molecule has 0 spiro atoms. The number of rotatable bonds is 2. The molecule has 0 heterocycles. The average Bonchev–Trinajstić information content (AvgIpc) is 2.14. The molecule has 0 bridgehead atoms. The quantitative estimate of drug-likeness (QED) is 0.567. The van der Waals surface area contributed by atoms with Gasteiger partial charge in [0.25, 0.3) is 0 Å². The van der Waals surface area contributed by atoms with Crippen LogP contribution >= 0.6 is 0 Å². The zero-order valence-electron chi connectivity index (χ0n) is 7.34. The highest BCUT2D eigenvalue weighted by atomic mass is 19.4. The van der Waals surface area contributed by atoms with E-state index in [1.165, 1.54) is 12.1 Å². The first-order chi connectivity index (χ1) is 6.90. The molecule has 15 heavy (non-hydrogen) atoms. The molecule has 82 valence electrons. The molecule has 0 saturated heterocycles. The molecule has 6 heteroatoms. The zero-order chi connectivity index (χ0) is 11.5. The summed E-state index contributed by atoms with van der Waals surface area (Å²) in [5, 5.41) is 0. The minimum atomic E-state index is -4.61. The Balaban J connectivity index is 2.66. The molecule has 1 aromatic rings. The molecule has 1 aromatic carbocycles. The van der Waals surface area contributed by atoms with Crippen LogP contribution in [0.5, 0.6) is 0 Å². The van der Waals surface area contributed by atoms with Crippen LogP contribution in [0.25, 0.3) is 0 Å². The van der Waals surface area contributed by atoms with Crippen LogP contribution in [0.3, 0.4) is 0 Å². The normalized spacial score (nSPS) is 11.2. The maximum Gasteiger partial charge on any atom is 0.422 e. The molecule has 0 aliphatic rings. The molecule has 0 amide bonds. The number of carbonyl (C=O) groups excluding carboxylic acids is 1. The van der Waals surface area contributed by atoms with Crippen LogP contribution in [0.15, 0.2) is 24.3 Å². The van der Waals surface area contributed by atoms with Crippen molar-refractivity contribution in [1.29, 1.82) is 0 Å². The van der Waals surface area contributed by atoms with Crippen molar-refractivity contribution in [2.45, 2.75) is 6.18 Å². The van der Waals surface area contributed by atoms with Gasteiger partial charge in [0.15, 0.2) is 6.61 Å². The molecule has 0 saturated carbocycles. The van der Waals surface area contributed by atoms with Crippen LogP contribution in [0.1, 0.15) is 10.4 Å². The van der Waals surface area contributed by atoms with E-state index in [0.717, 1.165) is 12.1 Å². The van der Waals surface area contributed by atoms with Gasteiger partial charge >= 0.3 is 12.1 Å². The number of hydrogen-bond donors (Lipinski definition) is 0. The summed E-state index contributed by atoms with van der Waals surface area (Å²) in [7, 11) is 0. The van der Waals surface area contributed by atoms with E-state index in [2.05, 4.69) is 4.74 Å². The van der Waals surface area contributed by atoms with E-state index in [9.17, 15) is 22.4 Å². The lowest BCUT2D eigenvalue weighted by Crippen LogP contribution is -2.20. The van der Waals surface area contributed by atoms with Gasteiger partial charge < -0.3 is 4.74 Å². The van der Waals surface area contributed by atoms with E-state index in [1.807, 2.05) is 0 Å². The maximum atomic E-state index is 12.9. The van der Waals surface area contributed by atoms with Crippen LogP contribution < -0.4 is 0 Å². The van der Waals surface area contributed by atoms with E-state index in [0.29, 0.717) is 0 Å². The van der Waals surface area contributed by atoms with Gasteiger partial charge in [-0.25, -0.2) is 9.18 Å². The minimum absolute atomic E-state index is 0.512. The van der Waals surface area contributed by atoms with E-state index in [-0.39, 0.29) is 0 Å². The van der Waals surface area contributed by atoms with Gasteiger partial charge in [0.2, 0.25) is 0 Å². The summed E-state index contributed by atoms with van der Waals surface area (Å²) in [6.07, 6.45) is -4.61. The monoisotopic (exact) mass is 222 g/mol. The van der Waals surface area contributed by atoms with Crippen molar-refractivity contribution in [3.8, 4) is 0 Å². The first kappa shape index (κ1) is 11.5. The fourth-order valence-corrected chi connectivity index (χ4v) is 0.852. The minimum Gasteiger partial charge on any atom is -0.452 e. The number of carbonyl (C=O) groups is 1. The molecule has 2 nitrogen and oxygen atoms in total. The van der Waals surface area contributed by atoms with Crippen LogP contribution in [0, 0.1) is 5.82 Å². The van der Waals surface area contributed by atoms with E-state index in [1.54, 1.807) is 0 Å². The Morgan fingerprint density at radius 3 is 2.40 bits per heavy atom.